The fourth-order valence-corrected chi connectivity index (χ4v) is 2.38. The normalized spacial score (nSPS) is 13.4. The predicted octanol–water partition coefficient (Wildman–Crippen LogP) is 2.76. The molecule has 0 aliphatic heterocycles. The summed E-state index contributed by atoms with van der Waals surface area (Å²) in [4.78, 5) is 15.8. The van der Waals surface area contributed by atoms with Gasteiger partial charge in [0.25, 0.3) is 0 Å². The summed E-state index contributed by atoms with van der Waals surface area (Å²) >= 11 is 0. The van der Waals surface area contributed by atoms with Crippen LogP contribution < -0.4 is 10.6 Å². The Morgan fingerprint density at radius 2 is 2.05 bits per heavy atom. The van der Waals surface area contributed by atoms with Gasteiger partial charge in [0, 0.05) is 31.5 Å². The van der Waals surface area contributed by atoms with Crippen LogP contribution in [0, 0.1) is 0 Å². The maximum Gasteiger partial charge on any atom is 0.315 e. The molecule has 2 amide bonds. The van der Waals surface area contributed by atoms with Gasteiger partial charge in [0.2, 0.25) is 0 Å². The number of amides is 2. The Labute approximate surface area is 131 Å². The third-order valence-electron chi connectivity index (χ3n) is 3.65. The van der Waals surface area contributed by atoms with Crippen LogP contribution in [-0.4, -0.2) is 28.2 Å². The summed E-state index contributed by atoms with van der Waals surface area (Å²) < 4.78 is 1.95. The van der Waals surface area contributed by atoms with Gasteiger partial charge in [-0.15, -0.1) is 0 Å². The van der Waals surface area contributed by atoms with E-state index in [2.05, 4.69) is 34.7 Å². The molecule has 22 heavy (non-hydrogen) atoms. The molecule has 2 unspecified atom stereocenters. The van der Waals surface area contributed by atoms with Crippen LogP contribution in [0.4, 0.5) is 4.79 Å². The summed E-state index contributed by atoms with van der Waals surface area (Å²) in [6.45, 7) is 5.54. The molecule has 118 valence electrons. The van der Waals surface area contributed by atoms with E-state index in [-0.39, 0.29) is 12.1 Å². The maximum atomic E-state index is 11.9. The van der Waals surface area contributed by atoms with Crippen molar-refractivity contribution in [1.29, 1.82) is 0 Å². The lowest BCUT2D eigenvalue weighted by Crippen LogP contribution is -2.42. The lowest BCUT2D eigenvalue weighted by molar-refractivity contribution is 0.236. The largest absolute Gasteiger partial charge is 0.338 e. The van der Waals surface area contributed by atoms with E-state index in [0.29, 0.717) is 19.0 Å². The molecule has 0 fully saturated rings. The van der Waals surface area contributed by atoms with Gasteiger partial charge in [0.15, 0.2) is 0 Å². The van der Waals surface area contributed by atoms with Crippen LogP contribution in [0.2, 0.25) is 0 Å². The van der Waals surface area contributed by atoms with Gasteiger partial charge in [-0.2, -0.15) is 0 Å². The fourth-order valence-electron chi connectivity index (χ4n) is 2.38. The number of aromatic nitrogens is 2. The first kappa shape index (κ1) is 16.1. The van der Waals surface area contributed by atoms with Crippen LogP contribution in [0.15, 0.2) is 49.1 Å². The van der Waals surface area contributed by atoms with Gasteiger partial charge in [0.05, 0.1) is 6.33 Å². The number of carbonyl (C=O) groups is 1. The molecule has 2 atom stereocenters. The van der Waals surface area contributed by atoms with Crippen molar-refractivity contribution in [3.63, 3.8) is 0 Å². The maximum absolute atomic E-state index is 11.9. The molecule has 5 nitrogen and oxygen atoms in total. The van der Waals surface area contributed by atoms with E-state index in [1.165, 1.54) is 5.56 Å². The highest BCUT2D eigenvalue weighted by atomic mass is 16.2. The van der Waals surface area contributed by atoms with Crippen molar-refractivity contribution in [2.75, 3.05) is 6.54 Å². The standard InChI is InChI=1S/C17H24N4O/c1-14(16-6-4-3-5-7-16)8-9-19-17(22)20-15(2)12-21-11-10-18-13-21/h3-7,10-11,13-15H,8-9,12H2,1-2H3,(H2,19,20,22). The third-order valence-corrected chi connectivity index (χ3v) is 3.65. The van der Waals surface area contributed by atoms with Gasteiger partial charge in [-0.1, -0.05) is 37.3 Å². The first-order valence-electron chi connectivity index (χ1n) is 7.70. The number of imidazole rings is 1. The topological polar surface area (TPSA) is 59.0 Å². The summed E-state index contributed by atoms with van der Waals surface area (Å²) in [6, 6.07) is 10.3. The monoisotopic (exact) mass is 300 g/mol. The van der Waals surface area contributed by atoms with Crippen molar-refractivity contribution in [2.24, 2.45) is 0 Å². The number of nitrogens with zero attached hydrogens (tertiary/aromatic N) is 2. The van der Waals surface area contributed by atoms with Crippen LogP contribution in [0.1, 0.15) is 31.7 Å². The Hall–Kier alpha value is -2.30. The molecule has 2 aromatic rings. The van der Waals surface area contributed by atoms with Crippen molar-refractivity contribution in [2.45, 2.75) is 38.8 Å². The Morgan fingerprint density at radius 1 is 1.27 bits per heavy atom. The molecule has 0 bridgehead atoms. The zero-order valence-electron chi connectivity index (χ0n) is 13.2. The highest BCUT2D eigenvalue weighted by Crippen LogP contribution is 2.17. The van der Waals surface area contributed by atoms with Crippen molar-refractivity contribution in [1.82, 2.24) is 20.2 Å². The average molecular weight is 300 g/mol. The second kappa shape index (κ2) is 8.22. The first-order valence-corrected chi connectivity index (χ1v) is 7.70. The van der Waals surface area contributed by atoms with Gasteiger partial charge in [-0.25, -0.2) is 9.78 Å². The van der Waals surface area contributed by atoms with Crippen LogP contribution in [0.25, 0.3) is 0 Å². The molecule has 0 saturated carbocycles. The van der Waals surface area contributed by atoms with Gasteiger partial charge >= 0.3 is 6.03 Å². The van der Waals surface area contributed by atoms with Crippen molar-refractivity contribution in [3.8, 4) is 0 Å². The summed E-state index contributed by atoms with van der Waals surface area (Å²) in [6.07, 6.45) is 6.29. The Balaban J connectivity index is 1.65. The fraction of sp³-hybridized carbons (Fsp3) is 0.412. The number of nitrogens with one attached hydrogen (secondary N) is 2. The minimum Gasteiger partial charge on any atom is -0.338 e. The van der Waals surface area contributed by atoms with Crippen molar-refractivity contribution in [3.05, 3.63) is 54.6 Å². The SMILES string of the molecule is CC(Cn1ccnc1)NC(=O)NCCC(C)c1ccccc1. The molecule has 0 saturated heterocycles. The highest BCUT2D eigenvalue weighted by Gasteiger charge is 2.09. The van der Waals surface area contributed by atoms with E-state index in [4.69, 9.17) is 0 Å². The number of hydrogen-bond donors (Lipinski definition) is 2. The number of carbonyl (C=O) groups excluding carboxylic acids is 1. The summed E-state index contributed by atoms with van der Waals surface area (Å²) in [5.41, 5.74) is 1.30. The zero-order chi connectivity index (χ0) is 15.8. The molecule has 5 heteroatoms. The van der Waals surface area contributed by atoms with Gasteiger partial charge in [-0.3, -0.25) is 0 Å². The van der Waals surface area contributed by atoms with E-state index in [9.17, 15) is 4.79 Å². The summed E-state index contributed by atoms with van der Waals surface area (Å²) in [7, 11) is 0. The predicted molar refractivity (Wildman–Crippen MR) is 87.7 cm³/mol. The molecular weight excluding hydrogens is 276 g/mol. The van der Waals surface area contributed by atoms with E-state index in [1.807, 2.05) is 35.9 Å². The number of benzene rings is 1. The van der Waals surface area contributed by atoms with Gasteiger partial charge in [0.1, 0.15) is 0 Å². The molecule has 1 aromatic carbocycles. The quantitative estimate of drug-likeness (QED) is 0.826. The number of rotatable bonds is 7. The number of urea groups is 1. The van der Waals surface area contributed by atoms with Crippen LogP contribution in [-0.2, 0) is 6.54 Å². The molecule has 0 aliphatic rings. The van der Waals surface area contributed by atoms with Crippen molar-refractivity contribution < 1.29 is 4.79 Å². The highest BCUT2D eigenvalue weighted by molar-refractivity contribution is 5.74. The van der Waals surface area contributed by atoms with Crippen LogP contribution in [0.3, 0.4) is 0 Å². The lowest BCUT2D eigenvalue weighted by Gasteiger charge is -2.16. The van der Waals surface area contributed by atoms with E-state index in [0.717, 1.165) is 6.42 Å². The van der Waals surface area contributed by atoms with E-state index >= 15 is 0 Å². The first-order chi connectivity index (χ1) is 10.6. The minimum atomic E-state index is -0.118. The van der Waals surface area contributed by atoms with Crippen molar-refractivity contribution >= 4 is 6.03 Å². The molecule has 1 aromatic heterocycles. The molecule has 0 spiro atoms. The number of hydrogen-bond acceptors (Lipinski definition) is 2. The van der Waals surface area contributed by atoms with Gasteiger partial charge in [-0.05, 0) is 24.8 Å². The summed E-state index contributed by atoms with van der Waals surface area (Å²) in [5, 5.41) is 5.85. The molecule has 2 rings (SSSR count). The Morgan fingerprint density at radius 3 is 2.73 bits per heavy atom. The Kier molecular flexibility index (Phi) is 6.01. The second-order valence-corrected chi connectivity index (χ2v) is 5.66. The smallest absolute Gasteiger partial charge is 0.315 e. The Bertz CT molecular complexity index is 553. The zero-order valence-corrected chi connectivity index (χ0v) is 13.2. The molecule has 0 aliphatic carbocycles. The summed E-state index contributed by atoms with van der Waals surface area (Å²) in [5.74, 6) is 0.435. The third kappa shape index (κ3) is 5.24. The lowest BCUT2D eigenvalue weighted by atomic mass is 9.98. The van der Waals surface area contributed by atoms with Crippen LogP contribution >= 0.6 is 0 Å². The van der Waals surface area contributed by atoms with E-state index < -0.39 is 0 Å². The van der Waals surface area contributed by atoms with Gasteiger partial charge < -0.3 is 15.2 Å². The van der Waals surface area contributed by atoms with Crippen LogP contribution in [0.5, 0.6) is 0 Å². The minimum absolute atomic E-state index is 0.0562. The molecule has 0 radical (unpaired) electrons. The molecule has 1 heterocycles. The molecule has 2 N–H and O–H groups in total. The second-order valence-electron chi connectivity index (χ2n) is 5.66. The average Bonchev–Trinajstić information content (AvgIpc) is 3.00. The van der Waals surface area contributed by atoms with E-state index in [1.54, 1.807) is 12.5 Å². The molecular formula is C17H24N4O.